The van der Waals surface area contributed by atoms with E-state index in [4.69, 9.17) is 16.9 Å². The van der Waals surface area contributed by atoms with Crippen LogP contribution >= 0.6 is 11.6 Å². The number of nitrogens with one attached hydrogen (secondary N) is 2. The molecule has 0 radical (unpaired) electrons. The van der Waals surface area contributed by atoms with Gasteiger partial charge in [-0.2, -0.15) is 5.26 Å². The minimum atomic E-state index is 0.529. The van der Waals surface area contributed by atoms with Crippen LogP contribution in [-0.4, -0.2) is 17.0 Å². The molecule has 2 N–H and O–H groups in total. The highest BCUT2D eigenvalue weighted by Crippen LogP contribution is 2.26. The van der Waals surface area contributed by atoms with Gasteiger partial charge < -0.3 is 10.6 Å². The Labute approximate surface area is 116 Å². The summed E-state index contributed by atoms with van der Waals surface area (Å²) in [4.78, 5) is 8.47. The molecule has 0 bridgehead atoms. The Morgan fingerprint density at radius 1 is 1.21 bits per heavy atom. The Morgan fingerprint density at radius 3 is 2.63 bits per heavy atom. The van der Waals surface area contributed by atoms with E-state index in [-0.39, 0.29) is 0 Å². The molecule has 0 aliphatic carbocycles. The summed E-state index contributed by atoms with van der Waals surface area (Å²) in [6.07, 6.45) is 0. The van der Waals surface area contributed by atoms with Gasteiger partial charge in [-0.3, -0.25) is 0 Å². The maximum Gasteiger partial charge on any atom is 0.136 e. The topological polar surface area (TPSA) is 73.6 Å². The molecule has 2 aromatic rings. The van der Waals surface area contributed by atoms with Crippen molar-refractivity contribution in [3.8, 4) is 6.07 Å². The first-order valence-electron chi connectivity index (χ1n) is 5.62. The molecule has 0 atom stereocenters. The van der Waals surface area contributed by atoms with Crippen LogP contribution in [-0.2, 0) is 0 Å². The Balaban J connectivity index is 2.36. The van der Waals surface area contributed by atoms with E-state index in [1.165, 1.54) is 0 Å². The molecule has 0 aliphatic rings. The number of aromatic nitrogens is 2. The molecular weight excluding hydrogens is 262 g/mol. The molecule has 0 aliphatic heterocycles. The van der Waals surface area contributed by atoms with Gasteiger partial charge in [0.05, 0.1) is 22.3 Å². The van der Waals surface area contributed by atoms with E-state index < -0.39 is 0 Å². The summed E-state index contributed by atoms with van der Waals surface area (Å²) in [5.41, 5.74) is 1.17. The van der Waals surface area contributed by atoms with Crippen LogP contribution in [0.2, 0.25) is 5.02 Å². The van der Waals surface area contributed by atoms with Crippen molar-refractivity contribution in [2.45, 2.75) is 6.92 Å². The fourth-order valence-electron chi connectivity index (χ4n) is 1.59. The van der Waals surface area contributed by atoms with Gasteiger partial charge in [-0.25, -0.2) is 9.97 Å². The third kappa shape index (κ3) is 3.12. The summed E-state index contributed by atoms with van der Waals surface area (Å²) in [6.45, 7) is 1.80. The second-order valence-corrected chi connectivity index (χ2v) is 4.27. The molecule has 6 heteroatoms. The average Bonchev–Trinajstić information content (AvgIpc) is 2.40. The zero-order valence-electron chi connectivity index (χ0n) is 10.5. The second-order valence-electron chi connectivity index (χ2n) is 3.87. The highest BCUT2D eigenvalue weighted by atomic mass is 35.5. The Hall–Kier alpha value is -2.32. The van der Waals surface area contributed by atoms with Crippen LogP contribution in [0.3, 0.4) is 0 Å². The van der Waals surface area contributed by atoms with Crippen molar-refractivity contribution >= 4 is 28.9 Å². The van der Waals surface area contributed by atoms with Gasteiger partial charge in [0.15, 0.2) is 0 Å². The van der Waals surface area contributed by atoms with Crippen molar-refractivity contribution in [1.29, 1.82) is 5.26 Å². The van der Waals surface area contributed by atoms with E-state index >= 15 is 0 Å². The lowest BCUT2D eigenvalue weighted by Gasteiger charge is -2.10. The minimum absolute atomic E-state index is 0.529. The maximum atomic E-state index is 8.89. The van der Waals surface area contributed by atoms with E-state index in [1.54, 1.807) is 38.2 Å². The van der Waals surface area contributed by atoms with E-state index in [2.05, 4.69) is 26.7 Å². The summed E-state index contributed by atoms with van der Waals surface area (Å²) >= 11 is 6.09. The molecule has 1 heterocycles. The summed E-state index contributed by atoms with van der Waals surface area (Å²) < 4.78 is 0. The number of aryl methyl sites for hydroxylation is 1. The Bertz CT molecular complexity index is 648. The van der Waals surface area contributed by atoms with Crippen LogP contribution < -0.4 is 10.6 Å². The maximum absolute atomic E-state index is 8.89. The van der Waals surface area contributed by atoms with Gasteiger partial charge in [0.2, 0.25) is 0 Å². The van der Waals surface area contributed by atoms with E-state index in [0.717, 1.165) is 0 Å². The lowest BCUT2D eigenvalue weighted by molar-refractivity contribution is 1.06. The first kappa shape index (κ1) is 13.1. The van der Waals surface area contributed by atoms with Gasteiger partial charge in [-0.1, -0.05) is 11.6 Å². The van der Waals surface area contributed by atoms with Gasteiger partial charge in [-0.15, -0.1) is 0 Å². The average molecular weight is 274 g/mol. The van der Waals surface area contributed by atoms with Gasteiger partial charge in [0.25, 0.3) is 0 Å². The van der Waals surface area contributed by atoms with Crippen LogP contribution in [0.4, 0.5) is 17.3 Å². The van der Waals surface area contributed by atoms with Crippen LogP contribution in [0.15, 0.2) is 24.3 Å². The predicted octanol–water partition coefficient (Wildman–Crippen LogP) is 3.10. The molecule has 0 spiro atoms. The first-order valence-corrected chi connectivity index (χ1v) is 6.00. The molecule has 5 nitrogen and oxygen atoms in total. The highest BCUT2D eigenvalue weighted by Gasteiger charge is 2.05. The van der Waals surface area contributed by atoms with Gasteiger partial charge in [0.1, 0.15) is 17.5 Å². The lowest BCUT2D eigenvalue weighted by Crippen LogP contribution is -2.01. The summed E-state index contributed by atoms with van der Waals surface area (Å²) in [6, 6.07) is 8.86. The smallest absolute Gasteiger partial charge is 0.136 e. The molecule has 0 unspecified atom stereocenters. The quantitative estimate of drug-likeness (QED) is 0.899. The SMILES string of the molecule is CNc1cc(Nc2cc(C#N)ccc2Cl)nc(C)n1. The van der Waals surface area contributed by atoms with Crippen molar-refractivity contribution in [2.75, 3.05) is 17.7 Å². The number of rotatable bonds is 3. The van der Waals surface area contributed by atoms with Gasteiger partial charge >= 0.3 is 0 Å². The van der Waals surface area contributed by atoms with Crippen molar-refractivity contribution < 1.29 is 0 Å². The summed E-state index contributed by atoms with van der Waals surface area (Å²) in [5.74, 6) is 1.97. The molecule has 1 aromatic carbocycles. The lowest BCUT2D eigenvalue weighted by atomic mass is 10.2. The van der Waals surface area contributed by atoms with E-state index in [1.807, 2.05) is 0 Å². The predicted molar refractivity (Wildman–Crippen MR) is 75.8 cm³/mol. The number of hydrogen-bond donors (Lipinski definition) is 2. The number of nitriles is 1. The van der Waals surface area contributed by atoms with Gasteiger partial charge in [-0.05, 0) is 25.1 Å². The molecule has 0 saturated heterocycles. The summed E-state index contributed by atoms with van der Waals surface area (Å²) in [7, 11) is 1.79. The normalized spacial score (nSPS) is 9.79. The third-order valence-electron chi connectivity index (χ3n) is 2.45. The first-order chi connectivity index (χ1) is 9.12. The van der Waals surface area contributed by atoms with Crippen molar-refractivity contribution in [3.63, 3.8) is 0 Å². The molecular formula is C13H12ClN5. The van der Waals surface area contributed by atoms with Crippen LogP contribution in [0.1, 0.15) is 11.4 Å². The molecule has 1 aromatic heterocycles. The molecule has 2 rings (SSSR count). The monoisotopic (exact) mass is 273 g/mol. The summed E-state index contributed by atoms with van der Waals surface area (Å²) in [5, 5.41) is 15.5. The van der Waals surface area contributed by atoms with Crippen LogP contribution in [0.25, 0.3) is 0 Å². The zero-order chi connectivity index (χ0) is 13.8. The Morgan fingerprint density at radius 2 is 1.95 bits per heavy atom. The van der Waals surface area contributed by atoms with Crippen molar-refractivity contribution in [3.05, 3.63) is 40.7 Å². The molecule has 0 amide bonds. The standard InChI is InChI=1S/C13H12ClN5/c1-8-17-12(16-2)6-13(18-8)19-11-5-9(7-15)3-4-10(11)14/h3-6H,1-2H3,(H2,16,17,18,19). The molecule has 96 valence electrons. The molecule has 0 saturated carbocycles. The molecule has 0 fully saturated rings. The number of anilines is 3. The second kappa shape index (κ2) is 5.55. The van der Waals surface area contributed by atoms with Crippen LogP contribution in [0.5, 0.6) is 0 Å². The molecule has 19 heavy (non-hydrogen) atoms. The van der Waals surface area contributed by atoms with E-state index in [0.29, 0.717) is 33.7 Å². The number of nitrogens with zero attached hydrogens (tertiary/aromatic N) is 3. The van der Waals surface area contributed by atoms with Crippen LogP contribution in [0, 0.1) is 18.3 Å². The zero-order valence-corrected chi connectivity index (χ0v) is 11.3. The number of halogens is 1. The number of hydrogen-bond acceptors (Lipinski definition) is 5. The van der Waals surface area contributed by atoms with Gasteiger partial charge in [0, 0.05) is 13.1 Å². The number of benzene rings is 1. The Kier molecular flexibility index (Phi) is 3.83. The highest BCUT2D eigenvalue weighted by molar-refractivity contribution is 6.33. The minimum Gasteiger partial charge on any atom is -0.373 e. The van der Waals surface area contributed by atoms with E-state index in [9.17, 15) is 0 Å². The largest absolute Gasteiger partial charge is 0.373 e. The fourth-order valence-corrected chi connectivity index (χ4v) is 1.75. The fraction of sp³-hybridized carbons (Fsp3) is 0.154. The van der Waals surface area contributed by atoms with Crippen molar-refractivity contribution in [1.82, 2.24) is 9.97 Å². The third-order valence-corrected chi connectivity index (χ3v) is 2.78. The van der Waals surface area contributed by atoms with Crippen molar-refractivity contribution in [2.24, 2.45) is 0 Å².